The second-order valence-electron chi connectivity index (χ2n) is 4.05. The van der Waals surface area contributed by atoms with Gasteiger partial charge in [0, 0.05) is 13.1 Å². The molecule has 0 fully saturated rings. The summed E-state index contributed by atoms with van der Waals surface area (Å²) in [6, 6.07) is 2.01. The molecule has 0 bridgehead atoms. The van der Waals surface area contributed by atoms with Crippen molar-refractivity contribution in [2.75, 3.05) is 6.54 Å². The van der Waals surface area contributed by atoms with E-state index in [2.05, 4.69) is 12.8 Å². The number of benzene rings is 1. The van der Waals surface area contributed by atoms with Crippen LogP contribution < -0.4 is 0 Å². The Morgan fingerprint density at radius 1 is 1.05 bits per heavy atom. The maximum Gasteiger partial charge on any atom is 0.416 e. The molecule has 0 aliphatic carbocycles. The fraction of sp³-hybridized carbons (Fsp3) is 0.455. The molecule has 0 aliphatic heterocycles. The third kappa shape index (κ3) is 5.58. The second-order valence-corrected chi connectivity index (χ2v) is 4.62. The predicted octanol–water partition coefficient (Wildman–Crippen LogP) is 4.44. The lowest BCUT2D eigenvalue weighted by Crippen LogP contribution is -2.22. The van der Waals surface area contributed by atoms with E-state index in [0.29, 0.717) is 6.07 Å². The lowest BCUT2D eigenvalue weighted by molar-refractivity contribution is -0.139. The van der Waals surface area contributed by atoms with E-state index in [4.69, 9.17) is 0 Å². The molecule has 0 N–H and O–H groups in total. The van der Waals surface area contributed by atoms with Crippen LogP contribution in [0.15, 0.2) is 18.2 Å². The number of hydrogen-bond acceptors (Lipinski definition) is 2. The average Bonchev–Trinajstić information content (AvgIpc) is 2.26. The molecular weight excluding hydrogens is 311 g/mol. The summed E-state index contributed by atoms with van der Waals surface area (Å²) in [7, 11) is 0. The van der Waals surface area contributed by atoms with Crippen LogP contribution in [0.1, 0.15) is 17.5 Å². The van der Waals surface area contributed by atoms with Gasteiger partial charge in [0.15, 0.2) is 0 Å². The van der Waals surface area contributed by atoms with Crippen LogP contribution in [-0.4, -0.2) is 17.0 Å². The van der Waals surface area contributed by atoms with Gasteiger partial charge in [-0.2, -0.15) is 26.3 Å². The van der Waals surface area contributed by atoms with Crippen molar-refractivity contribution in [3.05, 3.63) is 35.1 Å². The maximum atomic E-state index is 12.8. The Balaban J connectivity index is 2.82. The van der Waals surface area contributed by atoms with Crippen LogP contribution >= 0.6 is 12.8 Å². The Labute approximate surface area is 115 Å². The van der Waals surface area contributed by atoms with Gasteiger partial charge in [-0.25, -0.2) is 8.70 Å². The summed E-state index contributed by atoms with van der Waals surface area (Å²) >= 11 is 3.69. The summed E-state index contributed by atoms with van der Waals surface area (Å²) in [6.45, 7) is -1.05. The summed E-state index contributed by atoms with van der Waals surface area (Å²) in [4.78, 5) is 0. The van der Waals surface area contributed by atoms with Gasteiger partial charge in [-0.3, -0.25) is 0 Å². The fourth-order valence-electron chi connectivity index (χ4n) is 1.48. The number of rotatable bonds is 4. The first kappa shape index (κ1) is 17.1. The van der Waals surface area contributed by atoms with E-state index in [1.54, 1.807) is 0 Å². The Kier molecular flexibility index (Phi) is 5.31. The van der Waals surface area contributed by atoms with Crippen molar-refractivity contribution >= 4 is 12.8 Å². The quantitative estimate of drug-likeness (QED) is 0.634. The SMILES string of the molecule is Fc1ccc(CN(S)CCC(F)(F)F)c(C(F)(F)F)c1. The summed E-state index contributed by atoms with van der Waals surface area (Å²) in [5.41, 5.74) is -1.56. The molecule has 0 atom stereocenters. The van der Waals surface area contributed by atoms with Gasteiger partial charge in [0.25, 0.3) is 0 Å². The van der Waals surface area contributed by atoms with Crippen LogP contribution in [0.3, 0.4) is 0 Å². The van der Waals surface area contributed by atoms with Crippen molar-refractivity contribution in [2.45, 2.75) is 25.3 Å². The minimum Gasteiger partial charge on any atom is -0.249 e. The van der Waals surface area contributed by atoms with Crippen LogP contribution in [0.4, 0.5) is 30.7 Å². The Morgan fingerprint density at radius 2 is 1.65 bits per heavy atom. The van der Waals surface area contributed by atoms with Gasteiger partial charge >= 0.3 is 12.4 Å². The highest BCUT2D eigenvalue weighted by Gasteiger charge is 2.34. The molecule has 0 saturated heterocycles. The molecule has 0 aliphatic rings. The van der Waals surface area contributed by atoms with Gasteiger partial charge in [0.05, 0.1) is 12.0 Å². The minimum atomic E-state index is -4.78. The molecule has 1 nitrogen and oxygen atoms in total. The highest BCUT2D eigenvalue weighted by atomic mass is 32.1. The molecule has 0 heterocycles. The van der Waals surface area contributed by atoms with Crippen LogP contribution in [0.2, 0.25) is 0 Å². The number of alkyl halides is 6. The van der Waals surface area contributed by atoms with Gasteiger partial charge in [-0.15, -0.1) is 0 Å². The average molecular weight is 321 g/mol. The summed E-state index contributed by atoms with van der Waals surface area (Å²) in [5.74, 6) is -1.07. The zero-order valence-corrected chi connectivity index (χ0v) is 10.8. The summed E-state index contributed by atoms with van der Waals surface area (Å²) < 4.78 is 87.6. The molecule has 1 aromatic rings. The highest BCUT2D eigenvalue weighted by Crippen LogP contribution is 2.33. The molecule has 20 heavy (non-hydrogen) atoms. The van der Waals surface area contributed by atoms with Gasteiger partial charge in [0.2, 0.25) is 0 Å². The first-order chi connectivity index (χ1) is 8.99. The molecule has 114 valence electrons. The summed E-state index contributed by atoms with van der Waals surface area (Å²) in [5, 5.41) is 0. The minimum absolute atomic E-state index is 0.306. The molecule has 0 unspecified atom stereocenters. The Bertz CT molecular complexity index is 455. The number of nitrogens with zero attached hydrogens (tertiary/aromatic N) is 1. The van der Waals surface area contributed by atoms with Crippen LogP contribution in [0.5, 0.6) is 0 Å². The van der Waals surface area contributed by atoms with Crippen molar-refractivity contribution in [1.82, 2.24) is 4.31 Å². The lowest BCUT2D eigenvalue weighted by Gasteiger charge is -2.19. The monoisotopic (exact) mass is 321 g/mol. The van der Waals surface area contributed by atoms with Crippen LogP contribution in [0, 0.1) is 5.82 Å². The normalized spacial score (nSPS) is 13.1. The predicted molar refractivity (Wildman–Crippen MR) is 61.5 cm³/mol. The topological polar surface area (TPSA) is 3.24 Å². The molecule has 9 heteroatoms. The van der Waals surface area contributed by atoms with Crippen molar-refractivity contribution in [3.8, 4) is 0 Å². The zero-order chi connectivity index (χ0) is 15.6. The Morgan fingerprint density at radius 3 is 2.15 bits per heavy atom. The van der Waals surface area contributed by atoms with E-state index in [1.807, 2.05) is 0 Å². The van der Waals surface area contributed by atoms with Crippen molar-refractivity contribution in [1.29, 1.82) is 0 Å². The number of halogens is 7. The molecule has 0 amide bonds. The van der Waals surface area contributed by atoms with E-state index in [1.165, 1.54) is 0 Å². The van der Waals surface area contributed by atoms with Crippen molar-refractivity contribution in [2.24, 2.45) is 0 Å². The smallest absolute Gasteiger partial charge is 0.249 e. The lowest BCUT2D eigenvalue weighted by atomic mass is 10.1. The Hall–Kier alpha value is -0.960. The molecule has 1 rings (SSSR count). The number of hydrogen-bond donors (Lipinski definition) is 1. The van der Waals surface area contributed by atoms with E-state index in [0.717, 1.165) is 16.4 Å². The molecule has 1 aromatic carbocycles. The summed E-state index contributed by atoms with van der Waals surface area (Å²) in [6.07, 6.45) is -10.4. The number of thiol groups is 1. The first-order valence-corrected chi connectivity index (χ1v) is 5.75. The largest absolute Gasteiger partial charge is 0.416 e. The van der Waals surface area contributed by atoms with Gasteiger partial charge in [-0.05, 0) is 17.7 Å². The van der Waals surface area contributed by atoms with E-state index in [9.17, 15) is 30.7 Å². The maximum absolute atomic E-state index is 12.8. The molecule has 0 aromatic heterocycles. The first-order valence-electron chi connectivity index (χ1n) is 5.35. The van der Waals surface area contributed by atoms with Gasteiger partial charge < -0.3 is 0 Å². The van der Waals surface area contributed by atoms with E-state index < -0.39 is 43.2 Å². The van der Waals surface area contributed by atoms with E-state index >= 15 is 0 Å². The highest BCUT2D eigenvalue weighted by molar-refractivity contribution is 7.77. The third-order valence-electron chi connectivity index (χ3n) is 2.38. The van der Waals surface area contributed by atoms with Crippen molar-refractivity contribution in [3.63, 3.8) is 0 Å². The molecular formula is C11H10F7NS. The van der Waals surface area contributed by atoms with Crippen molar-refractivity contribution < 1.29 is 30.7 Å². The van der Waals surface area contributed by atoms with Gasteiger partial charge in [0.1, 0.15) is 5.82 Å². The van der Waals surface area contributed by atoms with Crippen LogP contribution in [-0.2, 0) is 12.7 Å². The molecule has 0 radical (unpaired) electrons. The second kappa shape index (κ2) is 6.21. The van der Waals surface area contributed by atoms with E-state index in [-0.39, 0.29) is 5.56 Å². The third-order valence-corrected chi connectivity index (χ3v) is 2.72. The fourth-order valence-corrected chi connectivity index (χ4v) is 1.73. The molecule has 0 spiro atoms. The molecule has 0 saturated carbocycles. The zero-order valence-electron chi connectivity index (χ0n) is 9.89. The van der Waals surface area contributed by atoms with Crippen LogP contribution in [0.25, 0.3) is 0 Å². The van der Waals surface area contributed by atoms with Gasteiger partial charge in [-0.1, -0.05) is 18.9 Å². The standard InChI is InChI=1S/C11H10F7NS/c12-8-2-1-7(9(5-8)11(16,17)18)6-19(20)4-3-10(13,14)15/h1-2,5,20H,3-4,6H2.